The summed E-state index contributed by atoms with van der Waals surface area (Å²) in [5.41, 5.74) is 1.10. The maximum atomic E-state index is 6.08. The molecule has 1 saturated carbocycles. The Hall–Kier alpha value is -0.710. The van der Waals surface area contributed by atoms with Gasteiger partial charge in [0, 0.05) is 25.1 Å². The molecule has 0 bridgehead atoms. The molecule has 1 fully saturated rings. The van der Waals surface area contributed by atoms with Crippen LogP contribution in [0.3, 0.4) is 0 Å². The average molecular weight is 285 g/mol. The number of rotatable bonds is 7. The molecule has 0 aliphatic heterocycles. The van der Waals surface area contributed by atoms with Gasteiger partial charge in [0.05, 0.1) is 19.8 Å². The minimum absolute atomic E-state index is 0.545. The highest BCUT2D eigenvalue weighted by Gasteiger charge is 2.19. The number of nitrogens with zero attached hydrogens (tertiary/aromatic N) is 2. The van der Waals surface area contributed by atoms with Crippen molar-refractivity contribution in [3.8, 4) is 0 Å². The lowest BCUT2D eigenvalue weighted by molar-refractivity contribution is 0.0716. The van der Waals surface area contributed by atoms with Gasteiger partial charge < -0.3 is 9.47 Å². The van der Waals surface area contributed by atoms with E-state index in [0.29, 0.717) is 37.3 Å². The molecule has 106 valence electrons. The third-order valence-electron chi connectivity index (χ3n) is 3.44. The first kappa shape index (κ1) is 14.7. The fraction of sp³-hybridized carbons (Fsp3) is 0.714. The van der Waals surface area contributed by atoms with Crippen LogP contribution >= 0.6 is 11.6 Å². The van der Waals surface area contributed by atoms with Gasteiger partial charge in [-0.25, -0.2) is 9.97 Å². The lowest BCUT2D eigenvalue weighted by Crippen LogP contribution is -2.09. The molecule has 1 aliphatic carbocycles. The Balaban J connectivity index is 1.89. The molecule has 0 unspecified atom stereocenters. The minimum atomic E-state index is 0.545. The van der Waals surface area contributed by atoms with Crippen LogP contribution in [0.2, 0.25) is 5.15 Å². The van der Waals surface area contributed by atoms with Crippen LogP contribution in [-0.4, -0.2) is 36.9 Å². The summed E-state index contributed by atoms with van der Waals surface area (Å²) < 4.78 is 10.4. The van der Waals surface area contributed by atoms with E-state index in [1.165, 1.54) is 25.7 Å². The summed E-state index contributed by atoms with van der Waals surface area (Å²) in [7, 11) is 1.66. The number of hydrogen-bond acceptors (Lipinski definition) is 4. The number of ether oxygens (including phenoxy) is 2. The van der Waals surface area contributed by atoms with Crippen LogP contribution in [0.5, 0.6) is 0 Å². The van der Waals surface area contributed by atoms with Gasteiger partial charge in [-0.1, -0.05) is 24.4 Å². The Morgan fingerprint density at radius 1 is 1.21 bits per heavy atom. The van der Waals surface area contributed by atoms with Crippen molar-refractivity contribution in [2.45, 2.75) is 38.0 Å². The number of aromatic nitrogens is 2. The van der Waals surface area contributed by atoms with Gasteiger partial charge in [0.2, 0.25) is 0 Å². The minimum Gasteiger partial charge on any atom is -0.382 e. The van der Waals surface area contributed by atoms with Crippen LogP contribution in [0.15, 0.2) is 6.07 Å². The molecule has 0 saturated heterocycles. The Bertz CT molecular complexity index is 395. The normalized spacial score (nSPS) is 16.1. The molecule has 1 aromatic rings. The highest BCUT2D eigenvalue weighted by molar-refractivity contribution is 6.29. The van der Waals surface area contributed by atoms with Gasteiger partial charge in [-0.3, -0.25) is 0 Å². The van der Waals surface area contributed by atoms with Crippen molar-refractivity contribution in [2.24, 2.45) is 0 Å². The van der Waals surface area contributed by atoms with E-state index in [1.807, 2.05) is 6.07 Å². The highest BCUT2D eigenvalue weighted by Crippen LogP contribution is 2.33. The maximum Gasteiger partial charge on any atom is 0.133 e. The topological polar surface area (TPSA) is 44.2 Å². The van der Waals surface area contributed by atoms with Crippen LogP contribution < -0.4 is 0 Å². The molecule has 4 nitrogen and oxygen atoms in total. The van der Waals surface area contributed by atoms with Crippen molar-refractivity contribution in [1.82, 2.24) is 9.97 Å². The van der Waals surface area contributed by atoms with E-state index in [1.54, 1.807) is 7.11 Å². The molecule has 0 spiro atoms. The predicted octanol–water partition coefficient (Wildman–Crippen LogP) is 2.99. The van der Waals surface area contributed by atoms with Crippen LogP contribution in [0.25, 0.3) is 0 Å². The van der Waals surface area contributed by atoms with Gasteiger partial charge in [-0.2, -0.15) is 0 Å². The number of hydrogen-bond donors (Lipinski definition) is 0. The summed E-state index contributed by atoms with van der Waals surface area (Å²) in [5.74, 6) is 1.35. The fourth-order valence-electron chi connectivity index (χ4n) is 2.43. The Labute approximate surface area is 119 Å². The fourth-order valence-corrected chi connectivity index (χ4v) is 2.64. The maximum absolute atomic E-state index is 6.08. The molecule has 0 amide bonds. The standard InChI is InChI=1S/C14H21ClN2O2/c1-18-8-9-19-7-6-14-16-12(10-13(15)17-14)11-4-2-3-5-11/h10-11H,2-9H2,1H3. The summed E-state index contributed by atoms with van der Waals surface area (Å²) >= 11 is 6.08. The second kappa shape index (κ2) is 7.78. The smallest absolute Gasteiger partial charge is 0.133 e. The van der Waals surface area contributed by atoms with Crippen molar-refractivity contribution in [2.75, 3.05) is 26.9 Å². The van der Waals surface area contributed by atoms with Gasteiger partial charge in [-0.15, -0.1) is 0 Å². The SMILES string of the molecule is COCCOCCc1nc(Cl)cc(C2CCCC2)n1. The predicted molar refractivity (Wildman–Crippen MR) is 74.7 cm³/mol. The molecule has 1 aromatic heterocycles. The molecule has 1 aliphatic rings. The van der Waals surface area contributed by atoms with Crippen molar-refractivity contribution >= 4 is 11.6 Å². The van der Waals surface area contributed by atoms with Gasteiger partial charge in [-0.05, 0) is 18.9 Å². The third-order valence-corrected chi connectivity index (χ3v) is 3.63. The van der Waals surface area contributed by atoms with E-state index in [-0.39, 0.29) is 0 Å². The highest BCUT2D eigenvalue weighted by atomic mass is 35.5. The lowest BCUT2D eigenvalue weighted by Gasteiger charge is -2.10. The first-order valence-electron chi connectivity index (χ1n) is 6.89. The van der Waals surface area contributed by atoms with Gasteiger partial charge in [0.15, 0.2) is 0 Å². The molecule has 5 heteroatoms. The van der Waals surface area contributed by atoms with E-state index in [9.17, 15) is 0 Å². The molecule has 2 rings (SSSR count). The molecule has 0 atom stereocenters. The second-order valence-corrected chi connectivity index (χ2v) is 5.26. The Morgan fingerprint density at radius 2 is 2.00 bits per heavy atom. The summed E-state index contributed by atoms with van der Waals surface area (Å²) in [4.78, 5) is 8.89. The van der Waals surface area contributed by atoms with Gasteiger partial charge in [0.1, 0.15) is 11.0 Å². The van der Waals surface area contributed by atoms with Crippen LogP contribution in [0.1, 0.15) is 43.1 Å². The Kier molecular flexibility index (Phi) is 6.01. The quantitative estimate of drug-likeness (QED) is 0.570. The Morgan fingerprint density at radius 3 is 2.74 bits per heavy atom. The number of halogens is 1. The molecule has 0 radical (unpaired) electrons. The molecular formula is C14H21ClN2O2. The molecule has 19 heavy (non-hydrogen) atoms. The summed E-state index contributed by atoms with van der Waals surface area (Å²) in [6, 6.07) is 1.91. The van der Waals surface area contributed by atoms with Crippen LogP contribution in [0.4, 0.5) is 0 Å². The van der Waals surface area contributed by atoms with Gasteiger partial charge in [0.25, 0.3) is 0 Å². The molecule has 1 heterocycles. The first-order valence-corrected chi connectivity index (χ1v) is 7.27. The third kappa shape index (κ3) is 4.71. The van der Waals surface area contributed by atoms with E-state index in [0.717, 1.165) is 11.5 Å². The summed E-state index contributed by atoms with van der Waals surface area (Å²) in [6.07, 6.45) is 5.72. The monoisotopic (exact) mass is 284 g/mol. The van der Waals surface area contributed by atoms with E-state index < -0.39 is 0 Å². The van der Waals surface area contributed by atoms with E-state index >= 15 is 0 Å². The van der Waals surface area contributed by atoms with Crippen molar-refractivity contribution in [3.63, 3.8) is 0 Å². The zero-order chi connectivity index (χ0) is 13.5. The molecular weight excluding hydrogens is 264 g/mol. The van der Waals surface area contributed by atoms with Crippen molar-refractivity contribution in [3.05, 3.63) is 22.7 Å². The average Bonchev–Trinajstić information content (AvgIpc) is 2.92. The summed E-state index contributed by atoms with van der Waals surface area (Å²) in [6.45, 7) is 1.82. The molecule has 0 aromatic carbocycles. The van der Waals surface area contributed by atoms with Crippen molar-refractivity contribution < 1.29 is 9.47 Å². The lowest BCUT2D eigenvalue weighted by atomic mass is 10.0. The van der Waals surface area contributed by atoms with Gasteiger partial charge >= 0.3 is 0 Å². The zero-order valence-electron chi connectivity index (χ0n) is 11.4. The summed E-state index contributed by atoms with van der Waals surface area (Å²) in [5, 5.41) is 0.545. The van der Waals surface area contributed by atoms with E-state index in [4.69, 9.17) is 21.1 Å². The molecule has 0 N–H and O–H groups in total. The number of methoxy groups -OCH3 is 1. The largest absolute Gasteiger partial charge is 0.382 e. The van der Waals surface area contributed by atoms with Crippen LogP contribution in [-0.2, 0) is 15.9 Å². The van der Waals surface area contributed by atoms with Crippen molar-refractivity contribution in [1.29, 1.82) is 0 Å². The first-order chi connectivity index (χ1) is 9.29. The van der Waals surface area contributed by atoms with E-state index in [2.05, 4.69) is 9.97 Å². The van der Waals surface area contributed by atoms with Crippen LogP contribution in [0, 0.1) is 0 Å². The zero-order valence-corrected chi connectivity index (χ0v) is 12.2. The second-order valence-electron chi connectivity index (χ2n) is 4.87.